The summed E-state index contributed by atoms with van der Waals surface area (Å²) >= 11 is 0. The third kappa shape index (κ3) is 2.47. The molecule has 0 aromatic heterocycles. The van der Waals surface area contributed by atoms with E-state index in [2.05, 4.69) is 24.3 Å². The number of hydrogen-bond acceptors (Lipinski definition) is 2. The molecule has 0 aromatic rings. The maximum Gasteiger partial charge on any atom is 0.219 e. The summed E-state index contributed by atoms with van der Waals surface area (Å²) in [6.07, 6.45) is 5.60. The highest BCUT2D eigenvalue weighted by Gasteiger charge is 2.35. The van der Waals surface area contributed by atoms with Crippen molar-refractivity contribution in [1.82, 2.24) is 10.2 Å². The number of carbonyl (C=O) groups excluding carboxylic acids is 1. The van der Waals surface area contributed by atoms with E-state index in [1.807, 2.05) is 6.92 Å². The maximum absolute atomic E-state index is 11.2. The maximum atomic E-state index is 11.2. The van der Waals surface area contributed by atoms with Gasteiger partial charge in [0.05, 0.1) is 0 Å². The molecule has 1 fully saturated rings. The highest BCUT2D eigenvalue weighted by molar-refractivity contribution is 5.75. The Kier molecular flexibility index (Phi) is 3.93. The van der Waals surface area contributed by atoms with Gasteiger partial charge in [-0.1, -0.05) is 19.8 Å². The van der Waals surface area contributed by atoms with Crippen LogP contribution in [-0.2, 0) is 4.79 Å². The molecular formula is C11H22N2O. The van der Waals surface area contributed by atoms with Crippen LogP contribution in [0.25, 0.3) is 0 Å². The Hall–Kier alpha value is -0.570. The Balaban J connectivity index is 2.48. The summed E-state index contributed by atoms with van der Waals surface area (Å²) in [6.45, 7) is 2.71. The second-order valence-electron chi connectivity index (χ2n) is 4.46. The van der Waals surface area contributed by atoms with Crippen LogP contribution in [0.15, 0.2) is 0 Å². The second-order valence-corrected chi connectivity index (χ2v) is 4.46. The van der Waals surface area contributed by atoms with Gasteiger partial charge in [-0.25, -0.2) is 0 Å². The van der Waals surface area contributed by atoms with E-state index in [-0.39, 0.29) is 11.4 Å². The zero-order chi connectivity index (χ0) is 10.6. The predicted octanol–water partition coefficient (Wildman–Crippen LogP) is 1.39. The van der Waals surface area contributed by atoms with Crippen LogP contribution in [0.2, 0.25) is 0 Å². The Morgan fingerprint density at radius 2 is 1.93 bits per heavy atom. The largest absolute Gasteiger partial charge is 0.354 e. The fourth-order valence-electron chi connectivity index (χ4n) is 2.20. The summed E-state index contributed by atoms with van der Waals surface area (Å²) in [6, 6.07) is 0. The van der Waals surface area contributed by atoms with E-state index in [1.165, 1.54) is 25.7 Å². The molecular weight excluding hydrogens is 176 g/mol. The number of carbonyl (C=O) groups is 1. The van der Waals surface area contributed by atoms with Crippen LogP contribution in [0.3, 0.4) is 0 Å². The number of nitrogens with zero attached hydrogens (tertiary/aromatic N) is 1. The molecule has 1 saturated carbocycles. The molecule has 82 valence electrons. The molecule has 0 spiro atoms. The molecule has 0 unspecified atom stereocenters. The van der Waals surface area contributed by atoms with Crippen LogP contribution >= 0.6 is 0 Å². The quantitative estimate of drug-likeness (QED) is 0.740. The van der Waals surface area contributed by atoms with Crippen molar-refractivity contribution in [3.05, 3.63) is 0 Å². The van der Waals surface area contributed by atoms with Crippen LogP contribution < -0.4 is 5.32 Å². The molecule has 0 aromatic carbocycles. The molecule has 1 N–H and O–H groups in total. The summed E-state index contributed by atoms with van der Waals surface area (Å²) < 4.78 is 0. The minimum absolute atomic E-state index is 0.165. The first-order valence-corrected chi connectivity index (χ1v) is 5.55. The van der Waals surface area contributed by atoms with Gasteiger partial charge in [0, 0.05) is 18.5 Å². The van der Waals surface area contributed by atoms with Gasteiger partial charge < -0.3 is 10.2 Å². The molecule has 3 nitrogen and oxygen atoms in total. The Bertz CT molecular complexity index is 195. The molecule has 1 amide bonds. The summed E-state index contributed by atoms with van der Waals surface area (Å²) in [5, 5.41) is 3.02. The molecule has 0 atom stereocenters. The lowest BCUT2D eigenvalue weighted by Crippen LogP contribution is -2.50. The molecule has 0 heterocycles. The lowest BCUT2D eigenvalue weighted by molar-refractivity contribution is -0.121. The van der Waals surface area contributed by atoms with E-state index < -0.39 is 0 Å². The Morgan fingerprint density at radius 3 is 2.36 bits per heavy atom. The van der Waals surface area contributed by atoms with Crippen molar-refractivity contribution in [2.24, 2.45) is 0 Å². The standard InChI is InChI=1S/C11H22N2O/c1-4-10(14)12-9-11(13(2)3)7-5-6-8-11/h4-9H2,1-3H3,(H,12,14). The third-order valence-corrected chi connectivity index (χ3v) is 3.42. The first-order valence-electron chi connectivity index (χ1n) is 5.55. The molecule has 0 aliphatic heterocycles. The van der Waals surface area contributed by atoms with Gasteiger partial charge in [0.25, 0.3) is 0 Å². The summed E-state index contributed by atoms with van der Waals surface area (Å²) in [5.41, 5.74) is 0.227. The van der Waals surface area contributed by atoms with Gasteiger partial charge in [0.1, 0.15) is 0 Å². The average molecular weight is 198 g/mol. The van der Waals surface area contributed by atoms with Crippen molar-refractivity contribution in [3.63, 3.8) is 0 Å². The molecule has 0 saturated heterocycles. The van der Waals surface area contributed by atoms with Crippen LogP contribution in [0.5, 0.6) is 0 Å². The minimum Gasteiger partial charge on any atom is -0.354 e. The summed E-state index contributed by atoms with van der Waals surface area (Å²) in [4.78, 5) is 13.5. The Labute approximate surface area is 86.9 Å². The first-order chi connectivity index (χ1) is 6.60. The predicted molar refractivity (Wildman–Crippen MR) is 58.2 cm³/mol. The molecule has 1 aliphatic rings. The third-order valence-electron chi connectivity index (χ3n) is 3.42. The number of amides is 1. The van der Waals surface area contributed by atoms with E-state index in [1.54, 1.807) is 0 Å². The SMILES string of the molecule is CCC(=O)NCC1(N(C)C)CCCC1. The summed E-state index contributed by atoms with van der Waals surface area (Å²) in [5.74, 6) is 0.165. The van der Waals surface area contributed by atoms with E-state index >= 15 is 0 Å². The molecule has 3 heteroatoms. The van der Waals surface area contributed by atoms with Crippen molar-refractivity contribution < 1.29 is 4.79 Å². The smallest absolute Gasteiger partial charge is 0.219 e. The molecule has 14 heavy (non-hydrogen) atoms. The topological polar surface area (TPSA) is 32.3 Å². The van der Waals surface area contributed by atoms with Gasteiger partial charge in [-0.3, -0.25) is 4.79 Å². The van der Waals surface area contributed by atoms with E-state index in [0.717, 1.165) is 6.54 Å². The van der Waals surface area contributed by atoms with Crippen LogP contribution in [0.4, 0.5) is 0 Å². The second kappa shape index (κ2) is 4.78. The van der Waals surface area contributed by atoms with E-state index in [0.29, 0.717) is 6.42 Å². The van der Waals surface area contributed by atoms with E-state index in [9.17, 15) is 4.79 Å². The van der Waals surface area contributed by atoms with Crippen molar-refractivity contribution in [2.75, 3.05) is 20.6 Å². The van der Waals surface area contributed by atoms with Crippen LogP contribution in [-0.4, -0.2) is 37.0 Å². The van der Waals surface area contributed by atoms with Gasteiger partial charge >= 0.3 is 0 Å². The molecule has 1 rings (SSSR count). The van der Waals surface area contributed by atoms with Crippen LogP contribution in [0, 0.1) is 0 Å². The number of hydrogen-bond donors (Lipinski definition) is 1. The van der Waals surface area contributed by atoms with Gasteiger partial charge in [-0.2, -0.15) is 0 Å². The molecule has 0 radical (unpaired) electrons. The zero-order valence-corrected chi connectivity index (χ0v) is 9.60. The molecule has 0 bridgehead atoms. The van der Waals surface area contributed by atoms with Crippen molar-refractivity contribution >= 4 is 5.91 Å². The normalized spacial score (nSPS) is 20.0. The van der Waals surface area contributed by atoms with Crippen LogP contribution in [0.1, 0.15) is 39.0 Å². The lowest BCUT2D eigenvalue weighted by Gasteiger charge is -2.36. The highest BCUT2D eigenvalue weighted by atomic mass is 16.1. The van der Waals surface area contributed by atoms with Crippen molar-refractivity contribution in [1.29, 1.82) is 0 Å². The zero-order valence-electron chi connectivity index (χ0n) is 9.60. The number of likely N-dealkylation sites (N-methyl/N-ethyl adjacent to an activating group) is 1. The lowest BCUT2D eigenvalue weighted by atomic mass is 9.96. The Morgan fingerprint density at radius 1 is 1.36 bits per heavy atom. The summed E-state index contributed by atoms with van der Waals surface area (Å²) in [7, 11) is 4.23. The van der Waals surface area contributed by atoms with Gasteiger partial charge in [0.15, 0.2) is 0 Å². The van der Waals surface area contributed by atoms with Gasteiger partial charge in [0.2, 0.25) is 5.91 Å². The van der Waals surface area contributed by atoms with Crippen molar-refractivity contribution in [2.45, 2.75) is 44.6 Å². The van der Waals surface area contributed by atoms with E-state index in [4.69, 9.17) is 0 Å². The monoisotopic (exact) mass is 198 g/mol. The number of nitrogens with one attached hydrogen (secondary N) is 1. The van der Waals surface area contributed by atoms with Crippen molar-refractivity contribution in [3.8, 4) is 0 Å². The van der Waals surface area contributed by atoms with Gasteiger partial charge in [-0.05, 0) is 26.9 Å². The van der Waals surface area contributed by atoms with Gasteiger partial charge in [-0.15, -0.1) is 0 Å². The average Bonchev–Trinajstić information content (AvgIpc) is 2.64. The highest BCUT2D eigenvalue weighted by Crippen LogP contribution is 2.32. The fourth-order valence-corrected chi connectivity index (χ4v) is 2.20. The number of rotatable bonds is 4. The first kappa shape index (κ1) is 11.5. The minimum atomic E-state index is 0.165. The molecule has 1 aliphatic carbocycles. The fraction of sp³-hybridized carbons (Fsp3) is 0.909.